The smallest absolute Gasteiger partial charge is 0.222 e. The third-order valence-corrected chi connectivity index (χ3v) is 4.03. The van der Waals surface area contributed by atoms with Gasteiger partial charge in [0.25, 0.3) is 0 Å². The maximum atomic E-state index is 12.3. The van der Waals surface area contributed by atoms with Crippen LogP contribution in [0.2, 0.25) is 5.02 Å². The summed E-state index contributed by atoms with van der Waals surface area (Å²) in [5, 5.41) is 0.734. The summed E-state index contributed by atoms with van der Waals surface area (Å²) in [5.41, 5.74) is 2.05. The molecule has 22 heavy (non-hydrogen) atoms. The average Bonchev–Trinajstić information content (AvgIpc) is 2.56. The Bertz CT molecular complexity index is 601. The van der Waals surface area contributed by atoms with Crippen molar-refractivity contribution in [3.05, 3.63) is 59.1 Å². The first-order chi connectivity index (χ1) is 10.6. The van der Waals surface area contributed by atoms with Crippen LogP contribution in [0.15, 0.2) is 42.9 Å². The van der Waals surface area contributed by atoms with Crippen molar-refractivity contribution in [1.82, 2.24) is 14.9 Å². The third kappa shape index (κ3) is 4.53. The molecule has 5 heteroatoms. The second kappa shape index (κ2) is 7.90. The summed E-state index contributed by atoms with van der Waals surface area (Å²) in [4.78, 5) is 22.1. The number of carbonyl (C=O) groups excluding carboxylic acids is 1. The number of halogens is 1. The van der Waals surface area contributed by atoms with Crippen LogP contribution in [-0.4, -0.2) is 27.8 Å². The van der Waals surface area contributed by atoms with E-state index in [1.165, 1.54) is 11.9 Å². The highest BCUT2D eigenvalue weighted by Crippen LogP contribution is 2.17. The Hall–Kier alpha value is -1.94. The van der Waals surface area contributed by atoms with Crippen LogP contribution in [-0.2, 0) is 11.2 Å². The summed E-state index contributed by atoms with van der Waals surface area (Å²) in [5.74, 6) is 0.125. The van der Waals surface area contributed by atoms with Crippen molar-refractivity contribution >= 4 is 17.5 Å². The lowest BCUT2D eigenvalue weighted by molar-refractivity contribution is -0.132. The van der Waals surface area contributed by atoms with Gasteiger partial charge in [-0.3, -0.25) is 4.79 Å². The van der Waals surface area contributed by atoms with Crippen LogP contribution in [0.25, 0.3) is 0 Å². The zero-order valence-corrected chi connectivity index (χ0v) is 13.6. The Labute approximate surface area is 136 Å². The molecule has 1 aromatic heterocycles. The molecule has 0 aliphatic heterocycles. The highest BCUT2D eigenvalue weighted by molar-refractivity contribution is 6.30. The quantitative estimate of drug-likeness (QED) is 0.816. The van der Waals surface area contributed by atoms with Crippen LogP contribution >= 0.6 is 11.6 Å². The fourth-order valence-electron chi connectivity index (χ4n) is 2.23. The van der Waals surface area contributed by atoms with Gasteiger partial charge in [-0.1, -0.05) is 23.7 Å². The molecule has 0 saturated heterocycles. The first-order valence-corrected chi connectivity index (χ1v) is 7.71. The molecular formula is C17H20ClN3O. The van der Waals surface area contributed by atoms with Crippen molar-refractivity contribution in [3.63, 3.8) is 0 Å². The van der Waals surface area contributed by atoms with Crippen LogP contribution in [0.3, 0.4) is 0 Å². The summed E-state index contributed by atoms with van der Waals surface area (Å²) >= 11 is 5.86. The van der Waals surface area contributed by atoms with Gasteiger partial charge in [-0.05, 0) is 43.5 Å². The molecule has 0 aliphatic rings. The monoisotopic (exact) mass is 317 g/mol. The van der Waals surface area contributed by atoms with Gasteiger partial charge in [0.2, 0.25) is 5.91 Å². The molecule has 1 heterocycles. The van der Waals surface area contributed by atoms with Gasteiger partial charge in [-0.15, -0.1) is 0 Å². The Morgan fingerprint density at radius 2 is 2.00 bits per heavy atom. The van der Waals surface area contributed by atoms with E-state index in [1.807, 2.05) is 44.3 Å². The van der Waals surface area contributed by atoms with Crippen molar-refractivity contribution in [2.24, 2.45) is 0 Å². The number of benzene rings is 1. The van der Waals surface area contributed by atoms with E-state index in [-0.39, 0.29) is 11.9 Å². The Morgan fingerprint density at radius 1 is 1.27 bits per heavy atom. The van der Waals surface area contributed by atoms with E-state index < -0.39 is 0 Å². The molecule has 0 radical (unpaired) electrons. The molecule has 1 aromatic carbocycles. The summed E-state index contributed by atoms with van der Waals surface area (Å²) in [6, 6.07) is 9.54. The predicted octanol–water partition coefficient (Wildman–Crippen LogP) is 3.67. The lowest BCUT2D eigenvalue weighted by Gasteiger charge is -2.24. The largest absolute Gasteiger partial charge is 0.337 e. The molecule has 2 aromatic rings. The first-order valence-electron chi connectivity index (χ1n) is 7.34. The maximum absolute atomic E-state index is 12.3. The van der Waals surface area contributed by atoms with Gasteiger partial charge in [0.1, 0.15) is 6.33 Å². The van der Waals surface area contributed by atoms with E-state index in [4.69, 9.17) is 11.6 Å². The number of nitrogens with zero attached hydrogens (tertiary/aromatic N) is 3. The highest BCUT2D eigenvalue weighted by Gasteiger charge is 2.17. The van der Waals surface area contributed by atoms with Gasteiger partial charge in [0, 0.05) is 24.7 Å². The van der Waals surface area contributed by atoms with Crippen LogP contribution in [0.4, 0.5) is 0 Å². The molecule has 116 valence electrons. The van der Waals surface area contributed by atoms with Gasteiger partial charge >= 0.3 is 0 Å². The molecule has 0 fully saturated rings. The number of aromatic nitrogens is 2. The fourth-order valence-corrected chi connectivity index (χ4v) is 2.36. The van der Waals surface area contributed by atoms with Crippen molar-refractivity contribution in [2.75, 3.05) is 7.05 Å². The number of hydrogen-bond acceptors (Lipinski definition) is 3. The minimum Gasteiger partial charge on any atom is -0.337 e. The summed E-state index contributed by atoms with van der Waals surface area (Å²) < 4.78 is 0. The lowest BCUT2D eigenvalue weighted by Crippen LogP contribution is -2.30. The molecule has 0 saturated carbocycles. The van der Waals surface area contributed by atoms with Crippen molar-refractivity contribution in [1.29, 1.82) is 0 Å². The molecule has 1 atom stereocenters. The molecule has 1 unspecified atom stereocenters. The van der Waals surface area contributed by atoms with E-state index in [9.17, 15) is 4.79 Å². The van der Waals surface area contributed by atoms with E-state index in [0.29, 0.717) is 6.42 Å². The van der Waals surface area contributed by atoms with Gasteiger partial charge in [-0.25, -0.2) is 9.97 Å². The van der Waals surface area contributed by atoms with Gasteiger partial charge in [-0.2, -0.15) is 0 Å². The Kier molecular flexibility index (Phi) is 5.90. The van der Waals surface area contributed by atoms with E-state index in [2.05, 4.69) is 9.97 Å². The number of aryl methyl sites for hydroxylation is 1. The standard InChI is InChI=1S/C17H20ClN3O/c1-13(16-10-11-19-12-20-16)21(2)17(22)5-3-4-14-6-8-15(18)9-7-14/h6-13H,3-5H2,1-2H3. The summed E-state index contributed by atoms with van der Waals surface area (Å²) in [6.07, 6.45) is 5.41. The highest BCUT2D eigenvalue weighted by atomic mass is 35.5. The average molecular weight is 318 g/mol. The van der Waals surface area contributed by atoms with Crippen LogP contribution in [0.1, 0.15) is 37.1 Å². The fraction of sp³-hybridized carbons (Fsp3) is 0.353. The molecule has 2 rings (SSSR count). The summed E-state index contributed by atoms with van der Waals surface area (Å²) in [7, 11) is 1.82. The van der Waals surface area contributed by atoms with Gasteiger partial charge < -0.3 is 4.90 Å². The number of amides is 1. The Morgan fingerprint density at radius 3 is 2.64 bits per heavy atom. The minimum atomic E-state index is -0.0500. The lowest BCUT2D eigenvalue weighted by atomic mass is 10.1. The van der Waals surface area contributed by atoms with E-state index in [1.54, 1.807) is 11.1 Å². The molecule has 4 nitrogen and oxygen atoms in total. The molecule has 1 amide bonds. The van der Waals surface area contributed by atoms with E-state index >= 15 is 0 Å². The Balaban J connectivity index is 1.82. The number of rotatable bonds is 6. The SMILES string of the molecule is CC(c1ccncn1)N(C)C(=O)CCCc1ccc(Cl)cc1. The zero-order valence-electron chi connectivity index (χ0n) is 12.9. The zero-order chi connectivity index (χ0) is 15.9. The molecule has 0 bridgehead atoms. The maximum Gasteiger partial charge on any atom is 0.222 e. The van der Waals surface area contributed by atoms with Crippen LogP contribution < -0.4 is 0 Å². The van der Waals surface area contributed by atoms with E-state index in [0.717, 1.165) is 23.6 Å². The second-order valence-electron chi connectivity index (χ2n) is 5.29. The first kappa shape index (κ1) is 16.4. The summed E-state index contributed by atoms with van der Waals surface area (Å²) in [6.45, 7) is 1.97. The number of hydrogen-bond donors (Lipinski definition) is 0. The van der Waals surface area contributed by atoms with Crippen molar-refractivity contribution < 1.29 is 4.79 Å². The van der Waals surface area contributed by atoms with Crippen molar-refractivity contribution in [3.8, 4) is 0 Å². The molecule has 0 aliphatic carbocycles. The predicted molar refractivity (Wildman–Crippen MR) is 87.6 cm³/mol. The topological polar surface area (TPSA) is 46.1 Å². The third-order valence-electron chi connectivity index (χ3n) is 3.78. The van der Waals surface area contributed by atoms with Crippen LogP contribution in [0, 0.1) is 0 Å². The molecule has 0 spiro atoms. The van der Waals surface area contributed by atoms with Crippen LogP contribution in [0.5, 0.6) is 0 Å². The molecule has 0 N–H and O–H groups in total. The van der Waals surface area contributed by atoms with Crippen molar-refractivity contribution in [2.45, 2.75) is 32.2 Å². The second-order valence-corrected chi connectivity index (χ2v) is 5.73. The minimum absolute atomic E-state index is 0.0500. The number of carbonyl (C=O) groups is 1. The van der Waals surface area contributed by atoms with Gasteiger partial charge in [0.15, 0.2) is 0 Å². The molecular weight excluding hydrogens is 298 g/mol. The van der Waals surface area contributed by atoms with Gasteiger partial charge in [0.05, 0.1) is 11.7 Å². The normalized spacial score (nSPS) is 12.0.